The van der Waals surface area contributed by atoms with E-state index in [1.807, 2.05) is 20.8 Å². The molecule has 14 heavy (non-hydrogen) atoms. The summed E-state index contributed by atoms with van der Waals surface area (Å²) in [5.74, 6) is 0.542. The average Bonchev–Trinajstić information content (AvgIpc) is 2.06. The Labute approximate surface area is 84.0 Å². The lowest BCUT2D eigenvalue weighted by Gasteiger charge is -2.23. The number of ether oxygens (including phenoxy) is 1. The highest BCUT2D eigenvalue weighted by molar-refractivity contribution is 5.55. The summed E-state index contributed by atoms with van der Waals surface area (Å²) >= 11 is 0. The molecular weight excluding hydrogens is 180 g/mol. The van der Waals surface area contributed by atoms with Crippen molar-refractivity contribution in [3.63, 3.8) is 0 Å². The van der Waals surface area contributed by atoms with Crippen molar-refractivity contribution in [3.8, 4) is 17.2 Å². The summed E-state index contributed by atoms with van der Waals surface area (Å²) in [5, 5.41) is 19.2. The van der Waals surface area contributed by atoms with Gasteiger partial charge in [0.1, 0.15) is 5.75 Å². The molecule has 3 heteroatoms. The third kappa shape index (κ3) is 1.76. The third-order valence-corrected chi connectivity index (χ3v) is 2.07. The molecule has 3 nitrogen and oxygen atoms in total. The van der Waals surface area contributed by atoms with Crippen molar-refractivity contribution in [1.29, 1.82) is 0 Å². The molecule has 0 amide bonds. The van der Waals surface area contributed by atoms with E-state index < -0.39 is 0 Å². The molecule has 78 valence electrons. The largest absolute Gasteiger partial charge is 0.508 e. The molecule has 0 aromatic heterocycles. The zero-order valence-corrected chi connectivity index (χ0v) is 8.96. The lowest BCUT2D eigenvalue weighted by atomic mass is 9.85. The van der Waals surface area contributed by atoms with E-state index in [0.717, 1.165) is 0 Å². The van der Waals surface area contributed by atoms with Crippen LogP contribution in [0.1, 0.15) is 26.3 Å². The van der Waals surface area contributed by atoms with Gasteiger partial charge in [0, 0.05) is 5.56 Å². The molecule has 1 aromatic carbocycles. The van der Waals surface area contributed by atoms with Gasteiger partial charge in [-0.25, -0.2) is 0 Å². The van der Waals surface area contributed by atoms with Crippen LogP contribution in [0.3, 0.4) is 0 Å². The minimum Gasteiger partial charge on any atom is -0.508 e. The zero-order chi connectivity index (χ0) is 10.9. The maximum Gasteiger partial charge on any atom is 0.167 e. The molecule has 1 aromatic rings. The first kappa shape index (κ1) is 10.7. The SMILES string of the molecule is COc1c(O)ccc(O)c1C(C)(C)C. The van der Waals surface area contributed by atoms with Crippen LogP contribution in [0.2, 0.25) is 0 Å². The van der Waals surface area contributed by atoms with Crippen LogP contribution in [0.25, 0.3) is 0 Å². The summed E-state index contributed by atoms with van der Waals surface area (Å²) in [6.45, 7) is 5.85. The number of methoxy groups -OCH3 is 1. The van der Waals surface area contributed by atoms with E-state index in [2.05, 4.69) is 0 Å². The van der Waals surface area contributed by atoms with Gasteiger partial charge in [-0.05, 0) is 17.5 Å². The standard InChI is InChI=1S/C11H16O3/c1-11(2,3)9-7(12)5-6-8(13)10(9)14-4/h5-6,12-13H,1-4H3. The first-order chi connectivity index (χ1) is 6.38. The Bertz CT molecular complexity index is 337. The van der Waals surface area contributed by atoms with Crippen LogP contribution < -0.4 is 4.74 Å². The number of phenolic OH excluding ortho intramolecular Hbond substituents is 2. The topological polar surface area (TPSA) is 49.7 Å². The summed E-state index contributed by atoms with van der Waals surface area (Å²) in [6, 6.07) is 2.89. The van der Waals surface area contributed by atoms with Crippen LogP contribution in [-0.4, -0.2) is 17.3 Å². The van der Waals surface area contributed by atoms with E-state index in [4.69, 9.17) is 4.74 Å². The average molecular weight is 196 g/mol. The zero-order valence-electron chi connectivity index (χ0n) is 8.96. The van der Waals surface area contributed by atoms with Crippen molar-refractivity contribution in [2.45, 2.75) is 26.2 Å². The molecule has 0 radical (unpaired) electrons. The van der Waals surface area contributed by atoms with Crippen molar-refractivity contribution in [2.75, 3.05) is 7.11 Å². The number of aromatic hydroxyl groups is 2. The van der Waals surface area contributed by atoms with Crippen molar-refractivity contribution >= 4 is 0 Å². The van der Waals surface area contributed by atoms with Crippen LogP contribution in [0.5, 0.6) is 17.2 Å². The Morgan fingerprint density at radius 3 is 1.93 bits per heavy atom. The van der Waals surface area contributed by atoms with Gasteiger partial charge in [-0.2, -0.15) is 0 Å². The fourth-order valence-corrected chi connectivity index (χ4v) is 1.49. The van der Waals surface area contributed by atoms with E-state index in [1.165, 1.54) is 19.2 Å². The number of hydrogen-bond donors (Lipinski definition) is 2. The maximum absolute atomic E-state index is 9.69. The molecule has 0 unspecified atom stereocenters. The first-order valence-corrected chi connectivity index (χ1v) is 4.47. The highest BCUT2D eigenvalue weighted by Gasteiger charge is 2.25. The Hall–Kier alpha value is -1.38. The van der Waals surface area contributed by atoms with Crippen LogP contribution in [-0.2, 0) is 5.41 Å². The van der Waals surface area contributed by atoms with E-state index >= 15 is 0 Å². The molecule has 1 rings (SSSR count). The summed E-state index contributed by atoms with van der Waals surface area (Å²) in [6.07, 6.45) is 0. The monoisotopic (exact) mass is 196 g/mol. The summed E-state index contributed by atoms with van der Waals surface area (Å²) in [7, 11) is 1.48. The van der Waals surface area contributed by atoms with Crippen LogP contribution in [0, 0.1) is 0 Å². The molecule has 0 aliphatic carbocycles. The second-order valence-electron chi connectivity index (χ2n) is 4.26. The maximum atomic E-state index is 9.69. The second kappa shape index (κ2) is 3.40. The van der Waals surface area contributed by atoms with Crippen molar-refractivity contribution in [1.82, 2.24) is 0 Å². The predicted molar refractivity (Wildman–Crippen MR) is 55.0 cm³/mol. The van der Waals surface area contributed by atoms with E-state index in [-0.39, 0.29) is 16.9 Å². The van der Waals surface area contributed by atoms with Crippen LogP contribution in [0.15, 0.2) is 12.1 Å². The van der Waals surface area contributed by atoms with Crippen LogP contribution in [0.4, 0.5) is 0 Å². The lowest BCUT2D eigenvalue weighted by Crippen LogP contribution is -2.13. The molecule has 0 spiro atoms. The molecule has 0 heterocycles. The van der Waals surface area contributed by atoms with Gasteiger partial charge in [-0.1, -0.05) is 20.8 Å². The van der Waals surface area contributed by atoms with Gasteiger partial charge in [0.05, 0.1) is 7.11 Å². The van der Waals surface area contributed by atoms with Gasteiger partial charge < -0.3 is 14.9 Å². The van der Waals surface area contributed by atoms with Crippen molar-refractivity contribution < 1.29 is 14.9 Å². The second-order valence-corrected chi connectivity index (χ2v) is 4.26. The van der Waals surface area contributed by atoms with Gasteiger partial charge in [0.2, 0.25) is 0 Å². The fraction of sp³-hybridized carbons (Fsp3) is 0.455. The highest BCUT2D eigenvalue weighted by Crippen LogP contribution is 2.43. The van der Waals surface area contributed by atoms with E-state index in [9.17, 15) is 10.2 Å². The molecule has 0 aliphatic rings. The summed E-state index contributed by atoms with van der Waals surface area (Å²) < 4.78 is 5.07. The number of rotatable bonds is 1. The molecule has 0 saturated carbocycles. The van der Waals surface area contributed by atoms with Gasteiger partial charge in [0.15, 0.2) is 11.5 Å². The Kier molecular flexibility index (Phi) is 2.60. The quantitative estimate of drug-likeness (QED) is 0.678. The Balaban J connectivity index is 3.46. The molecule has 0 fully saturated rings. The first-order valence-electron chi connectivity index (χ1n) is 4.47. The van der Waals surface area contributed by atoms with Gasteiger partial charge in [-0.15, -0.1) is 0 Å². The number of benzene rings is 1. The fourth-order valence-electron chi connectivity index (χ4n) is 1.49. The minimum atomic E-state index is -0.270. The molecule has 0 saturated heterocycles. The van der Waals surface area contributed by atoms with E-state index in [1.54, 1.807) is 0 Å². The number of phenols is 2. The predicted octanol–water partition coefficient (Wildman–Crippen LogP) is 2.40. The Morgan fingerprint density at radius 2 is 1.57 bits per heavy atom. The smallest absolute Gasteiger partial charge is 0.167 e. The van der Waals surface area contributed by atoms with Crippen molar-refractivity contribution in [2.24, 2.45) is 0 Å². The summed E-state index contributed by atoms with van der Waals surface area (Å²) in [5.41, 5.74) is 0.355. The molecule has 0 atom stereocenters. The van der Waals surface area contributed by atoms with Gasteiger partial charge in [0.25, 0.3) is 0 Å². The summed E-state index contributed by atoms with van der Waals surface area (Å²) in [4.78, 5) is 0. The van der Waals surface area contributed by atoms with Gasteiger partial charge >= 0.3 is 0 Å². The molecule has 0 aliphatic heterocycles. The van der Waals surface area contributed by atoms with Gasteiger partial charge in [-0.3, -0.25) is 0 Å². The molecular formula is C11H16O3. The third-order valence-electron chi connectivity index (χ3n) is 2.07. The normalized spacial score (nSPS) is 11.4. The number of hydrogen-bond acceptors (Lipinski definition) is 3. The highest BCUT2D eigenvalue weighted by atomic mass is 16.5. The molecule has 0 bridgehead atoms. The van der Waals surface area contributed by atoms with Crippen LogP contribution >= 0.6 is 0 Å². The Morgan fingerprint density at radius 1 is 1.07 bits per heavy atom. The van der Waals surface area contributed by atoms with E-state index in [0.29, 0.717) is 11.3 Å². The molecule has 2 N–H and O–H groups in total. The van der Waals surface area contributed by atoms with Crippen molar-refractivity contribution in [3.05, 3.63) is 17.7 Å². The lowest BCUT2D eigenvalue weighted by molar-refractivity contribution is 0.350. The minimum absolute atomic E-state index is 0.0511.